The van der Waals surface area contributed by atoms with Gasteiger partial charge in [-0.3, -0.25) is 19.0 Å². The highest BCUT2D eigenvalue weighted by atomic mass is 32.2. The first-order chi connectivity index (χ1) is 27.6. The number of ether oxygens (including phenoxy) is 1. The molecular weight excluding hydrogens is 758 g/mol. The number of hydrogen-bond acceptors (Lipinski definition) is 9. The second-order valence-corrected chi connectivity index (χ2v) is 20.2. The summed E-state index contributed by atoms with van der Waals surface area (Å²) in [6.45, 7) is 15.4. The molecule has 3 fully saturated rings. The molecule has 0 N–H and O–H groups in total. The molecule has 9 nitrogen and oxygen atoms in total. The van der Waals surface area contributed by atoms with E-state index < -0.39 is 26.5 Å². The molecule has 1 aromatic heterocycles. The van der Waals surface area contributed by atoms with Crippen LogP contribution in [0.2, 0.25) is 0 Å². The summed E-state index contributed by atoms with van der Waals surface area (Å²) >= 11 is 0. The van der Waals surface area contributed by atoms with E-state index in [2.05, 4.69) is 45.4 Å². The number of sulfone groups is 1. The number of nitrogens with zero attached hydrogens (tertiary/aromatic N) is 5. The maximum atomic E-state index is 15.5. The molecule has 316 valence electrons. The summed E-state index contributed by atoms with van der Waals surface area (Å²) in [7, 11) is -5.45. The van der Waals surface area contributed by atoms with Gasteiger partial charge in [-0.15, -0.1) is 0 Å². The smallest absolute Gasteiger partial charge is 0.210 e. The Kier molecular flexibility index (Phi) is 16.2. The van der Waals surface area contributed by atoms with Crippen molar-refractivity contribution in [3.8, 4) is 5.75 Å². The van der Waals surface area contributed by atoms with Crippen molar-refractivity contribution in [2.24, 2.45) is 0 Å². The predicted octanol–water partition coefficient (Wildman–Crippen LogP) is 8.70. The molecule has 0 radical (unpaired) electrons. The van der Waals surface area contributed by atoms with Crippen molar-refractivity contribution in [1.82, 2.24) is 19.7 Å². The molecule has 0 spiro atoms. The van der Waals surface area contributed by atoms with Gasteiger partial charge in [0.05, 0.1) is 22.7 Å². The van der Waals surface area contributed by atoms with Crippen molar-refractivity contribution < 1.29 is 21.8 Å². The third kappa shape index (κ3) is 11.4. The number of halogens is 1. The molecule has 6 rings (SSSR count). The van der Waals surface area contributed by atoms with E-state index in [9.17, 15) is 12.6 Å². The largest absolute Gasteiger partial charge is 0.491 e. The topological polar surface area (TPSA) is 86.3 Å². The van der Waals surface area contributed by atoms with Crippen LogP contribution in [-0.2, 0) is 20.6 Å². The second kappa shape index (κ2) is 21.1. The average Bonchev–Trinajstić information content (AvgIpc) is 3.22. The highest BCUT2D eigenvalue weighted by Gasteiger charge is 2.34. The number of rotatable bonds is 19. The summed E-state index contributed by atoms with van der Waals surface area (Å²) in [5, 5.41) is 0.650. The van der Waals surface area contributed by atoms with Crippen LogP contribution in [0, 0.1) is 5.82 Å². The molecule has 0 saturated carbocycles. The van der Waals surface area contributed by atoms with E-state index in [-0.39, 0.29) is 15.5 Å². The number of anilines is 1. The van der Waals surface area contributed by atoms with Gasteiger partial charge in [-0.2, -0.15) is 0 Å². The number of aromatic nitrogens is 1. The van der Waals surface area contributed by atoms with Crippen LogP contribution in [0.15, 0.2) is 57.3 Å². The van der Waals surface area contributed by atoms with Crippen LogP contribution in [0.1, 0.15) is 111 Å². The number of pyridine rings is 1. The third-order valence-corrected chi connectivity index (χ3v) is 15.4. The summed E-state index contributed by atoms with van der Waals surface area (Å²) in [4.78, 5) is 15.2. The number of piperazine rings is 1. The van der Waals surface area contributed by atoms with Crippen molar-refractivity contribution in [2.45, 2.75) is 143 Å². The number of unbranched alkanes of at least 4 members (excludes halogenated alkanes) is 9. The van der Waals surface area contributed by atoms with Crippen LogP contribution in [0.25, 0.3) is 10.9 Å². The molecule has 0 aliphatic carbocycles. The van der Waals surface area contributed by atoms with Crippen LogP contribution < -0.4 is 9.64 Å². The lowest BCUT2D eigenvalue weighted by Crippen LogP contribution is -2.56. The van der Waals surface area contributed by atoms with Crippen molar-refractivity contribution >= 4 is 37.2 Å². The Morgan fingerprint density at radius 1 is 0.789 bits per heavy atom. The molecule has 0 bridgehead atoms. The van der Waals surface area contributed by atoms with Crippen LogP contribution >= 0.6 is 0 Å². The lowest BCUT2D eigenvalue weighted by molar-refractivity contribution is 0.0359. The minimum absolute atomic E-state index is 0.0456. The zero-order valence-corrected chi connectivity index (χ0v) is 36.7. The molecule has 3 aliphatic heterocycles. The molecule has 1 atom stereocenters. The second-order valence-electron chi connectivity index (χ2n) is 16.9. The van der Waals surface area contributed by atoms with Crippen molar-refractivity contribution in [3.63, 3.8) is 0 Å². The van der Waals surface area contributed by atoms with Crippen LogP contribution in [-0.4, -0.2) is 116 Å². The number of hydrogen-bond donors (Lipinski definition) is 0. The van der Waals surface area contributed by atoms with Crippen LogP contribution in [0.4, 0.5) is 10.1 Å². The Balaban J connectivity index is 1.10. The number of piperidine rings is 2. The number of benzene rings is 2. The van der Waals surface area contributed by atoms with Gasteiger partial charge in [0.15, 0.2) is 11.6 Å². The molecule has 57 heavy (non-hydrogen) atoms. The Hall–Kier alpha value is -2.64. The predicted molar refractivity (Wildman–Crippen MR) is 231 cm³/mol. The molecule has 0 amide bonds. The third-order valence-electron chi connectivity index (χ3n) is 12.8. The lowest BCUT2D eigenvalue weighted by Gasteiger charge is -2.46. The Bertz CT molecular complexity index is 1870. The van der Waals surface area contributed by atoms with E-state index in [4.69, 9.17) is 4.74 Å². The normalized spacial score (nSPS) is 19.2. The molecule has 12 heteroatoms. The number of likely N-dealkylation sites (tertiary alicyclic amines) is 1. The van der Waals surface area contributed by atoms with E-state index in [0.29, 0.717) is 59.3 Å². The molecule has 1 unspecified atom stereocenters. The monoisotopic (exact) mass is 825 g/mol. The van der Waals surface area contributed by atoms with Gasteiger partial charge >= 0.3 is 0 Å². The van der Waals surface area contributed by atoms with Gasteiger partial charge in [0.25, 0.3) is 0 Å². The fourth-order valence-electron chi connectivity index (χ4n) is 9.20. The minimum atomic E-state index is -4.18. The lowest BCUT2D eigenvalue weighted by atomic mass is 9.96. The van der Waals surface area contributed by atoms with Crippen molar-refractivity contribution in [1.29, 1.82) is 0 Å². The van der Waals surface area contributed by atoms with Gasteiger partial charge in [0.1, 0.15) is 4.90 Å². The Morgan fingerprint density at radius 3 is 1.98 bits per heavy atom. The first-order valence-corrected chi connectivity index (χ1v) is 25.0. The maximum Gasteiger partial charge on any atom is 0.210 e. The zero-order chi connectivity index (χ0) is 40.4. The van der Waals surface area contributed by atoms with E-state index >= 15 is 4.39 Å². The van der Waals surface area contributed by atoms with Gasteiger partial charge in [0, 0.05) is 90.9 Å². The highest BCUT2D eigenvalue weighted by Crippen LogP contribution is 2.39. The fraction of sp³-hybridized carbons (Fsp3) is 0.667. The van der Waals surface area contributed by atoms with Crippen LogP contribution in [0.3, 0.4) is 0 Å². The fourth-order valence-corrected chi connectivity index (χ4v) is 11.2. The van der Waals surface area contributed by atoms with Gasteiger partial charge in [0.2, 0.25) is 9.84 Å². The van der Waals surface area contributed by atoms with Gasteiger partial charge < -0.3 is 14.5 Å². The summed E-state index contributed by atoms with van der Waals surface area (Å²) in [5.41, 5.74) is 1.20. The van der Waals surface area contributed by atoms with E-state index in [1.54, 1.807) is 12.3 Å². The molecule has 3 aliphatic rings. The first-order valence-electron chi connectivity index (χ1n) is 22.0. The van der Waals surface area contributed by atoms with E-state index in [1.807, 2.05) is 12.1 Å². The van der Waals surface area contributed by atoms with Crippen molar-refractivity contribution in [2.75, 3.05) is 70.1 Å². The van der Waals surface area contributed by atoms with Gasteiger partial charge in [-0.05, 0) is 95.4 Å². The summed E-state index contributed by atoms with van der Waals surface area (Å²) in [6, 6.07) is 11.1. The highest BCUT2D eigenvalue weighted by molar-refractivity contribution is 7.91. The molecule has 3 aromatic rings. The van der Waals surface area contributed by atoms with Gasteiger partial charge in [-0.25, -0.2) is 12.8 Å². The Labute approximate surface area is 345 Å². The molecule has 3 saturated heterocycles. The SMILES string of the molecule is CCCCCCCCCCCCOc1ccc(S(=O)(=O)c2cnc3ccc(S(C)=O)cc3c2N2CCC(N3CCC(N4CCN(C(C)C)CC4)CC3)CC2)cc1F. The summed E-state index contributed by atoms with van der Waals surface area (Å²) in [6.07, 6.45) is 19.3. The number of fused-ring (bicyclic) bond motifs is 1. The minimum Gasteiger partial charge on any atom is -0.491 e. The molecular formula is C45H68FN5O4S2. The zero-order valence-electron chi connectivity index (χ0n) is 35.1. The van der Waals surface area contributed by atoms with Crippen molar-refractivity contribution in [3.05, 3.63) is 48.4 Å². The summed E-state index contributed by atoms with van der Waals surface area (Å²) in [5.74, 6) is -0.624. The molecule has 2 aromatic carbocycles. The first kappa shape index (κ1) is 43.9. The summed E-state index contributed by atoms with van der Waals surface area (Å²) < 4.78 is 62.8. The maximum absolute atomic E-state index is 15.5. The van der Waals surface area contributed by atoms with E-state index in [0.717, 1.165) is 77.4 Å². The average molecular weight is 826 g/mol. The quantitative estimate of drug-likeness (QED) is 0.110. The van der Waals surface area contributed by atoms with Gasteiger partial charge in [-0.1, -0.05) is 64.7 Å². The Morgan fingerprint density at radius 2 is 1.39 bits per heavy atom. The standard InChI is InChI=1S/C45H68FN5O4S2/c1-5-6-7-8-9-10-11-12-13-14-31-55-43-18-16-39(33-41(43)46)57(53,54)44-34-47-42-17-15-38(56(4)52)32-40(42)45(44)51-25-21-36(22-26-51)49-23-19-37(20-24-49)50-29-27-48(28-30-50)35(2)3/h15-18,32-37H,5-14,19-31H2,1-4H3. The van der Waals surface area contributed by atoms with E-state index in [1.165, 1.54) is 76.1 Å². The van der Waals surface area contributed by atoms with Crippen LogP contribution in [0.5, 0.6) is 5.75 Å². The molecule has 4 heterocycles.